The van der Waals surface area contributed by atoms with Gasteiger partial charge in [-0.3, -0.25) is 4.90 Å². The van der Waals surface area contributed by atoms with E-state index in [0.29, 0.717) is 5.38 Å². The molecule has 0 aliphatic carbocycles. The zero-order valence-corrected chi connectivity index (χ0v) is 10.1. The van der Waals surface area contributed by atoms with Crippen LogP contribution >= 0.6 is 11.6 Å². The van der Waals surface area contributed by atoms with Crippen LogP contribution in [0.1, 0.15) is 40.5 Å². The Morgan fingerprint density at radius 1 is 1.46 bits per heavy atom. The molecule has 0 aromatic rings. The molecule has 1 heterocycles. The van der Waals surface area contributed by atoms with Crippen LogP contribution in [0.15, 0.2) is 0 Å². The predicted octanol–water partition coefficient (Wildman–Crippen LogP) is 3.12. The smallest absolute Gasteiger partial charge is 0.0526 e. The highest BCUT2D eigenvalue weighted by Crippen LogP contribution is 2.33. The molecule has 1 nitrogen and oxygen atoms in total. The molecule has 78 valence electrons. The van der Waals surface area contributed by atoms with Crippen molar-refractivity contribution in [2.24, 2.45) is 5.92 Å². The molecular weight excluding hydrogens is 182 g/mol. The fourth-order valence-corrected chi connectivity index (χ4v) is 2.16. The highest BCUT2D eigenvalue weighted by molar-refractivity contribution is 6.21. The highest BCUT2D eigenvalue weighted by atomic mass is 35.5. The SMILES string of the molecule is CC(C)CCN1CCC(Cl)C1(C)C. The number of halogens is 1. The average molecular weight is 204 g/mol. The maximum Gasteiger partial charge on any atom is 0.0526 e. The van der Waals surface area contributed by atoms with E-state index in [1.54, 1.807) is 0 Å². The standard InChI is InChI=1S/C11H22ClN/c1-9(2)5-7-13-8-6-10(12)11(13,3)4/h9-10H,5-8H2,1-4H3. The van der Waals surface area contributed by atoms with Crippen LogP contribution in [-0.4, -0.2) is 28.9 Å². The van der Waals surface area contributed by atoms with E-state index in [-0.39, 0.29) is 5.54 Å². The second-order valence-electron chi connectivity index (χ2n) is 5.08. The van der Waals surface area contributed by atoms with Gasteiger partial charge in [-0.2, -0.15) is 0 Å². The van der Waals surface area contributed by atoms with E-state index in [4.69, 9.17) is 11.6 Å². The molecular formula is C11H22ClN. The maximum absolute atomic E-state index is 6.27. The molecule has 0 spiro atoms. The second kappa shape index (κ2) is 4.18. The van der Waals surface area contributed by atoms with Gasteiger partial charge in [0.25, 0.3) is 0 Å². The van der Waals surface area contributed by atoms with Gasteiger partial charge in [0.15, 0.2) is 0 Å². The molecule has 1 unspecified atom stereocenters. The summed E-state index contributed by atoms with van der Waals surface area (Å²) in [5, 5.41) is 0.333. The quantitative estimate of drug-likeness (QED) is 0.638. The van der Waals surface area contributed by atoms with Crippen LogP contribution in [0, 0.1) is 5.92 Å². The van der Waals surface area contributed by atoms with Crippen LogP contribution in [-0.2, 0) is 0 Å². The van der Waals surface area contributed by atoms with Crippen LogP contribution in [0.3, 0.4) is 0 Å². The lowest BCUT2D eigenvalue weighted by molar-refractivity contribution is 0.168. The summed E-state index contributed by atoms with van der Waals surface area (Å²) in [6.45, 7) is 11.5. The lowest BCUT2D eigenvalue weighted by Gasteiger charge is -2.34. The topological polar surface area (TPSA) is 3.24 Å². The third kappa shape index (κ3) is 2.60. The molecule has 1 atom stereocenters. The first-order valence-corrected chi connectivity index (χ1v) is 5.77. The summed E-state index contributed by atoms with van der Waals surface area (Å²) in [6, 6.07) is 0. The molecule has 13 heavy (non-hydrogen) atoms. The third-order valence-electron chi connectivity index (χ3n) is 3.21. The first-order chi connectivity index (χ1) is 5.94. The van der Waals surface area contributed by atoms with Crippen molar-refractivity contribution in [2.45, 2.75) is 51.5 Å². The Labute approximate surface area is 87.4 Å². The van der Waals surface area contributed by atoms with Crippen molar-refractivity contribution in [1.29, 1.82) is 0 Å². The summed E-state index contributed by atoms with van der Waals surface area (Å²) in [7, 11) is 0. The van der Waals surface area contributed by atoms with E-state index >= 15 is 0 Å². The normalized spacial score (nSPS) is 28.6. The van der Waals surface area contributed by atoms with Crippen molar-refractivity contribution < 1.29 is 0 Å². The van der Waals surface area contributed by atoms with Crippen LogP contribution in [0.2, 0.25) is 0 Å². The Bertz CT molecular complexity index is 165. The van der Waals surface area contributed by atoms with E-state index in [0.717, 1.165) is 12.3 Å². The molecule has 0 amide bonds. The number of likely N-dealkylation sites (tertiary alicyclic amines) is 1. The monoisotopic (exact) mass is 203 g/mol. The summed E-state index contributed by atoms with van der Waals surface area (Å²) in [5.41, 5.74) is 0.205. The summed E-state index contributed by atoms with van der Waals surface area (Å²) < 4.78 is 0. The van der Waals surface area contributed by atoms with Crippen molar-refractivity contribution in [3.05, 3.63) is 0 Å². The van der Waals surface area contributed by atoms with E-state index in [1.807, 2.05) is 0 Å². The molecule has 0 radical (unpaired) electrons. The molecule has 2 heteroatoms. The number of hydrogen-bond acceptors (Lipinski definition) is 1. The van der Waals surface area contributed by atoms with E-state index < -0.39 is 0 Å². The average Bonchev–Trinajstić information content (AvgIpc) is 2.25. The summed E-state index contributed by atoms with van der Waals surface area (Å²) in [5.74, 6) is 0.796. The molecule has 0 saturated carbocycles. The van der Waals surface area contributed by atoms with Gasteiger partial charge in [0.2, 0.25) is 0 Å². The minimum Gasteiger partial charge on any atom is -0.297 e. The molecule has 0 bridgehead atoms. The Morgan fingerprint density at radius 3 is 2.46 bits per heavy atom. The largest absolute Gasteiger partial charge is 0.297 e. The summed E-state index contributed by atoms with van der Waals surface area (Å²) in [4.78, 5) is 2.53. The van der Waals surface area contributed by atoms with Crippen molar-refractivity contribution in [3.63, 3.8) is 0 Å². The Hall–Kier alpha value is 0.250. The van der Waals surface area contributed by atoms with Crippen molar-refractivity contribution in [1.82, 2.24) is 4.90 Å². The summed E-state index contributed by atoms with van der Waals surface area (Å²) >= 11 is 6.27. The molecule has 0 aromatic carbocycles. The van der Waals surface area contributed by atoms with Crippen molar-refractivity contribution in [3.8, 4) is 0 Å². The molecule has 1 fully saturated rings. The van der Waals surface area contributed by atoms with Crippen LogP contribution in [0.25, 0.3) is 0 Å². The molecule has 0 N–H and O–H groups in total. The molecule has 1 aliphatic heterocycles. The highest BCUT2D eigenvalue weighted by Gasteiger charge is 2.39. The fraction of sp³-hybridized carbons (Fsp3) is 1.00. The van der Waals surface area contributed by atoms with Gasteiger partial charge in [0, 0.05) is 12.1 Å². The van der Waals surface area contributed by atoms with E-state index in [9.17, 15) is 0 Å². The Balaban J connectivity index is 2.43. The van der Waals surface area contributed by atoms with Crippen LogP contribution < -0.4 is 0 Å². The van der Waals surface area contributed by atoms with Gasteiger partial charge in [-0.25, -0.2) is 0 Å². The number of nitrogens with zero attached hydrogens (tertiary/aromatic N) is 1. The van der Waals surface area contributed by atoms with Gasteiger partial charge in [0.05, 0.1) is 5.38 Å². The summed E-state index contributed by atoms with van der Waals surface area (Å²) in [6.07, 6.45) is 2.43. The second-order valence-corrected chi connectivity index (χ2v) is 5.61. The van der Waals surface area contributed by atoms with Gasteiger partial charge >= 0.3 is 0 Å². The van der Waals surface area contributed by atoms with Crippen molar-refractivity contribution >= 4 is 11.6 Å². The fourth-order valence-electron chi connectivity index (χ4n) is 1.92. The third-order valence-corrected chi connectivity index (χ3v) is 3.96. The maximum atomic E-state index is 6.27. The molecule has 1 rings (SSSR count). The minimum absolute atomic E-state index is 0.205. The van der Waals surface area contributed by atoms with Gasteiger partial charge in [-0.05, 0) is 39.2 Å². The first kappa shape index (κ1) is 11.3. The van der Waals surface area contributed by atoms with E-state index in [1.165, 1.54) is 19.5 Å². The van der Waals surface area contributed by atoms with E-state index in [2.05, 4.69) is 32.6 Å². The number of alkyl halides is 1. The number of rotatable bonds is 3. The van der Waals surface area contributed by atoms with Gasteiger partial charge in [-0.1, -0.05) is 13.8 Å². The Morgan fingerprint density at radius 2 is 2.08 bits per heavy atom. The zero-order chi connectivity index (χ0) is 10.1. The lowest BCUT2D eigenvalue weighted by atomic mass is 10.0. The zero-order valence-electron chi connectivity index (χ0n) is 9.31. The molecule has 1 saturated heterocycles. The van der Waals surface area contributed by atoms with Gasteiger partial charge < -0.3 is 0 Å². The Kier molecular flexibility index (Phi) is 3.64. The lowest BCUT2D eigenvalue weighted by Crippen LogP contribution is -2.43. The van der Waals surface area contributed by atoms with Crippen molar-refractivity contribution in [2.75, 3.05) is 13.1 Å². The number of hydrogen-bond donors (Lipinski definition) is 0. The van der Waals surface area contributed by atoms with Gasteiger partial charge in [0.1, 0.15) is 0 Å². The molecule has 0 aromatic heterocycles. The van der Waals surface area contributed by atoms with Crippen LogP contribution in [0.5, 0.6) is 0 Å². The minimum atomic E-state index is 0.205. The first-order valence-electron chi connectivity index (χ1n) is 5.33. The van der Waals surface area contributed by atoms with Crippen LogP contribution in [0.4, 0.5) is 0 Å². The molecule has 1 aliphatic rings. The predicted molar refractivity (Wildman–Crippen MR) is 59.4 cm³/mol. The van der Waals surface area contributed by atoms with Gasteiger partial charge in [-0.15, -0.1) is 11.6 Å².